The lowest BCUT2D eigenvalue weighted by molar-refractivity contribution is 0.0773. The molecule has 4 rings (SSSR count). The third-order valence-electron chi connectivity index (χ3n) is 5.33. The van der Waals surface area contributed by atoms with Gasteiger partial charge in [-0.3, -0.25) is 14.7 Å². The molecule has 0 spiro atoms. The van der Waals surface area contributed by atoms with Gasteiger partial charge in [-0.1, -0.05) is 12.1 Å². The minimum Gasteiger partial charge on any atom is -0.489 e. The summed E-state index contributed by atoms with van der Waals surface area (Å²) < 4.78 is 5.84. The number of rotatable bonds is 5. The van der Waals surface area contributed by atoms with Gasteiger partial charge in [0.2, 0.25) is 0 Å². The second-order valence-electron chi connectivity index (χ2n) is 7.16. The molecule has 1 atom stereocenters. The molecule has 0 saturated carbocycles. The number of piperazine rings is 1. The van der Waals surface area contributed by atoms with Crippen LogP contribution in [0.3, 0.4) is 0 Å². The molecule has 158 valence electrons. The van der Waals surface area contributed by atoms with Crippen molar-refractivity contribution in [1.82, 2.24) is 20.1 Å². The van der Waals surface area contributed by atoms with E-state index in [9.17, 15) is 4.79 Å². The molecule has 2 saturated heterocycles. The fourth-order valence-electron chi connectivity index (χ4n) is 3.82. The zero-order valence-electron chi connectivity index (χ0n) is 16.3. The molecule has 2 aliphatic heterocycles. The highest BCUT2D eigenvalue weighted by Crippen LogP contribution is 2.21. The highest BCUT2D eigenvalue weighted by atomic mass is 35.5. The average molecular weight is 439 g/mol. The van der Waals surface area contributed by atoms with Gasteiger partial charge in [-0.25, -0.2) is 0 Å². The highest BCUT2D eigenvalue weighted by Gasteiger charge is 2.31. The Morgan fingerprint density at radius 3 is 2.72 bits per heavy atom. The summed E-state index contributed by atoms with van der Waals surface area (Å²) in [7, 11) is 0. The first-order valence-electron chi connectivity index (χ1n) is 9.65. The number of carbonyl (C=O) groups excluding carboxylic acids is 1. The third kappa shape index (κ3) is 6.06. The van der Waals surface area contributed by atoms with Gasteiger partial charge >= 0.3 is 0 Å². The number of benzene rings is 1. The maximum Gasteiger partial charge on any atom is 0.254 e. The molecule has 1 amide bonds. The third-order valence-corrected chi connectivity index (χ3v) is 5.33. The molecule has 8 heteroatoms. The first-order valence-corrected chi connectivity index (χ1v) is 9.65. The second kappa shape index (κ2) is 11.4. The molecule has 1 aromatic heterocycles. The summed E-state index contributed by atoms with van der Waals surface area (Å²) in [6, 6.07) is 11.8. The molecular formula is C21H28Cl2N4O2. The van der Waals surface area contributed by atoms with Crippen LogP contribution < -0.4 is 10.1 Å². The van der Waals surface area contributed by atoms with Crippen LogP contribution in [0, 0.1) is 0 Å². The van der Waals surface area contributed by atoms with E-state index in [0.717, 1.165) is 51.3 Å². The summed E-state index contributed by atoms with van der Waals surface area (Å²) in [4.78, 5) is 21.5. The number of hydrogen-bond acceptors (Lipinski definition) is 5. The number of likely N-dealkylation sites (tertiary alicyclic amines) is 1. The number of hydrogen-bond donors (Lipinski definition) is 1. The largest absolute Gasteiger partial charge is 0.489 e. The van der Waals surface area contributed by atoms with Crippen LogP contribution >= 0.6 is 24.8 Å². The van der Waals surface area contributed by atoms with Crippen LogP contribution in [0.5, 0.6) is 5.75 Å². The molecule has 0 aliphatic carbocycles. The van der Waals surface area contributed by atoms with Crippen molar-refractivity contribution in [3.05, 3.63) is 59.9 Å². The van der Waals surface area contributed by atoms with E-state index in [-0.39, 0.29) is 30.7 Å². The van der Waals surface area contributed by atoms with E-state index in [2.05, 4.69) is 15.2 Å². The Labute approximate surface area is 184 Å². The predicted molar refractivity (Wildman–Crippen MR) is 118 cm³/mol. The lowest BCUT2D eigenvalue weighted by Crippen LogP contribution is -2.49. The minimum atomic E-state index is 0. The van der Waals surface area contributed by atoms with E-state index in [0.29, 0.717) is 24.0 Å². The standard InChI is InChI=1S/C21H26N4O2.2ClH/c26-21(25-10-6-19(15-25)24-11-8-22-9-12-24)18-4-1-5-20(13-18)27-16-17-3-2-7-23-14-17;;/h1-5,7,13-14,19,22H,6,8-12,15-16H2;2*1H. The molecule has 3 heterocycles. The summed E-state index contributed by atoms with van der Waals surface area (Å²) >= 11 is 0. The molecule has 1 aromatic carbocycles. The number of amides is 1. The van der Waals surface area contributed by atoms with Crippen LogP contribution in [-0.4, -0.2) is 66.0 Å². The van der Waals surface area contributed by atoms with Crippen molar-refractivity contribution in [3.63, 3.8) is 0 Å². The van der Waals surface area contributed by atoms with E-state index in [4.69, 9.17) is 4.74 Å². The second-order valence-corrected chi connectivity index (χ2v) is 7.16. The minimum absolute atomic E-state index is 0. The maximum atomic E-state index is 12.9. The van der Waals surface area contributed by atoms with Crippen molar-refractivity contribution in [2.75, 3.05) is 39.3 Å². The van der Waals surface area contributed by atoms with Crippen LogP contribution in [0.25, 0.3) is 0 Å². The van der Waals surface area contributed by atoms with Gasteiger partial charge in [0, 0.05) is 68.8 Å². The SMILES string of the molecule is Cl.Cl.O=C(c1cccc(OCc2cccnc2)c1)N1CCC(N2CCNCC2)C1. The average Bonchev–Trinajstić information content (AvgIpc) is 3.24. The van der Waals surface area contributed by atoms with E-state index in [1.165, 1.54) is 0 Å². The quantitative estimate of drug-likeness (QED) is 0.777. The first kappa shape index (κ1) is 23.4. The van der Waals surface area contributed by atoms with Gasteiger partial charge in [0.1, 0.15) is 12.4 Å². The van der Waals surface area contributed by atoms with Crippen LogP contribution in [0.15, 0.2) is 48.8 Å². The van der Waals surface area contributed by atoms with Crippen LogP contribution in [0.4, 0.5) is 0 Å². The van der Waals surface area contributed by atoms with Crippen molar-refractivity contribution >= 4 is 30.7 Å². The van der Waals surface area contributed by atoms with Crippen LogP contribution in [0.1, 0.15) is 22.3 Å². The van der Waals surface area contributed by atoms with Crippen molar-refractivity contribution < 1.29 is 9.53 Å². The van der Waals surface area contributed by atoms with Gasteiger partial charge in [0.05, 0.1) is 0 Å². The molecule has 2 aliphatic rings. The summed E-state index contributed by atoms with van der Waals surface area (Å²) in [6.45, 7) is 6.32. The van der Waals surface area contributed by atoms with Gasteiger partial charge in [-0.05, 0) is 30.7 Å². The summed E-state index contributed by atoms with van der Waals surface area (Å²) in [5.41, 5.74) is 1.70. The van der Waals surface area contributed by atoms with Crippen LogP contribution in [0.2, 0.25) is 0 Å². The Balaban J connectivity index is 0.00000150. The van der Waals surface area contributed by atoms with Crippen molar-refractivity contribution in [2.24, 2.45) is 0 Å². The van der Waals surface area contributed by atoms with Gasteiger partial charge in [0.25, 0.3) is 5.91 Å². The van der Waals surface area contributed by atoms with Gasteiger partial charge in [-0.2, -0.15) is 0 Å². The number of nitrogens with one attached hydrogen (secondary N) is 1. The number of aromatic nitrogens is 1. The fourth-order valence-corrected chi connectivity index (χ4v) is 3.82. The smallest absolute Gasteiger partial charge is 0.254 e. The number of ether oxygens (including phenoxy) is 1. The number of halogens is 2. The van der Waals surface area contributed by atoms with Crippen molar-refractivity contribution in [2.45, 2.75) is 19.1 Å². The number of carbonyl (C=O) groups is 1. The molecular weight excluding hydrogens is 411 g/mol. The lowest BCUT2D eigenvalue weighted by Gasteiger charge is -2.32. The van der Waals surface area contributed by atoms with E-state index < -0.39 is 0 Å². The number of pyridine rings is 1. The Hall–Kier alpha value is -1.86. The van der Waals surface area contributed by atoms with Gasteiger partial charge in [-0.15, -0.1) is 24.8 Å². The molecule has 6 nitrogen and oxygen atoms in total. The molecule has 0 bridgehead atoms. The molecule has 29 heavy (non-hydrogen) atoms. The highest BCUT2D eigenvalue weighted by molar-refractivity contribution is 5.94. The zero-order valence-corrected chi connectivity index (χ0v) is 18.0. The van der Waals surface area contributed by atoms with Gasteiger partial charge < -0.3 is 15.0 Å². The zero-order chi connectivity index (χ0) is 18.5. The summed E-state index contributed by atoms with van der Waals surface area (Å²) in [6.07, 6.45) is 4.59. The first-order chi connectivity index (χ1) is 13.3. The molecule has 1 N–H and O–H groups in total. The lowest BCUT2D eigenvalue weighted by atomic mass is 10.2. The summed E-state index contributed by atoms with van der Waals surface area (Å²) in [5.74, 6) is 0.807. The maximum absolute atomic E-state index is 12.9. The van der Waals surface area contributed by atoms with E-state index in [1.54, 1.807) is 12.4 Å². The van der Waals surface area contributed by atoms with Crippen molar-refractivity contribution in [3.8, 4) is 5.75 Å². The summed E-state index contributed by atoms with van der Waals surface area (Å²) in [5, 5.41) is 3.39. The van der Waals surface area contributed by atoms with E-state index >= 15 is 0 Å². The van der Waals surface area contributed by atoms with Crippen molar-refractivity contribution in [1.29, 1.82) is 0 Å². The molecule has 2 fully saturated rings. The Bertz CT molecular complexity index is 772. The molecule has 0 radical (unpaired) electrons. The van der Waals surface area contributed by atoms with Gasteiger partial charge in [0.15, 0.2) is 0 Å². The monoisotopic (exact) mass is 438 g/mol. The Morgan fingerprint density at radius 2 is 1.97 bits per heavy atom. The van der Waals surface area contributed by atoms with E-state index in [1.807, 2.05) is 41.3 Å². The fraction of sp³-hybridized carbons (Fsp3) is 0.429. The number of nitrogens with zero attached hydrogens (tertiary/aromatic N) is 3. The topological polar surface area (TPSA) is 57.7 Å². The molecule has 1 unspecified atom stereocenters. The Kier molecular flexibility index (Phi) is 9.17. The van der Waals surface area contributed by atoms with Crippen LogP contribution in [-0.2, 0) is 6.61 Å². The normalized spacial score (nSPS) is 19.2. The molecule has 2 aromatic rings. The predicted octanol–water partition coefficient (Wildman–Crippen LogP) is 2.62. The Morgan fingerprint density at radius 1 is 1.14 bits per heavy atom.